The van der Waals surface area contributed by atoms with Crippen molar-refractivity contribution in [3.63, 3.8) is 0 Å². The molecule has 1 heterocycles. The zero-order chi connectivity index (χ0) is 18.7. The van der Waals surface area contributed by atoms with Crippen molar-refractivity contribution >= 4 is 11.6 Å². The van der Waals surface area contributed by atoms with Crippen LogP contribution in [-0.4, -0.2) is 22.1 Å². The molecule has 0 saturated carbocycles. The number of halogens is 3. The third-order valence-corrected chi connectivity index (χ3v) is 3.58. The highest BCUT2D eigenvalue weighted by Crippen LogP contribution is 2.25. The van der Waals surface area contributed by atoms with E-state index in [9.17, 15) is 18.0 Å². The molecule has 2 aromatic carbocycles. The van der Waals surface area contributed by atoms with E-state index >= 15 is 0 Å². The van der Waals surface area contributed by atoms with Crippen LogP contribution in [-0.2, 0) is 0 Å². The first-order chi connectivity index (χ1) is 12.3. The lowest BCUT2D eigenvalue weighted by atomic mass is 10.2. The Bertz CT molecular complexity index is 921. The van der Waals surface area contributed by atoms with Gasteiger partial charge in [0.1, 0.15) is 5.75 Å². The van der Waals surface area contributed by atoms with E-state index in [-0.39, 0.29) is 5.69 Å². The number of nitrogens with zero attached hydrogens (tertiary/aromatic N) is 2. The molecule has 1 amide bonds. The molecule has 1 N–H and O–H groups in total. The van der Waals surface area contributed by atoms with Crippen LogP contribution >= 0.6 is 0 Å². The van der Waals surface area contributed by atoms with E-state index in [1.165, 1.54) is 18.3 Å². The van der Waals surface area contributed by atoms with Gasteiger partial charge in [-0.15, -0.1) is 13.2 Å². The Balaban J connectivity index is 1.79. The average Bonchev–Trinajstić information content (AvgIpc) is 2.96. The van der Waals surface area contributed by atoms with E-state index in [0.717, 1.165) is 17.8 Å². The highest BCUT2D eigenvalue weighted by molar-refractivity contribution is 6.05. The number of amides is 1. The summed E-state index contributed by atoms with van der Waals surface area (Å²) in [6, 6.07) is 14.3. The summed E-state index contributed by atoms with van der Waals surface area (Å²) < 4.78 is 42.3. The number of carbonyl (C=O) groups is 1. The number of alkyl halides is 3. The molecule has 5 nitrogen and oxygen atoms in total. The lowest BCUT2D eigenvalue weighted by Gasteiger charge is -2.11. The predicted molar refractivity (Wildman–Crippen MR) is 89.4 cm³/mol. The fraction of sp³-hybridized carbons (Fsp3) is 0.111. The summed E-state index contributed by atoms with van der Waals surface area (Å²) in [5.41, 5.74) is 1.90. The first kappa shape index (κ1) is 17.5. The molecule has 0 aliphatic carbocycles. The number of carbonyl (C=O) groups excluding carboxylic acids is 1. The van der Waals surface area contributed by atoms with Crippen molar-refractivity contribution in [3.8, 4) is 11.4 Å². The van der Waals surface area contributed by atoms with E-state index in [1.807, 2.05) is 30.3 Å². The number of hydrogen-bond acceptors (Lipinski definition) is 3. The second kappa shape index (κ2) is 6.91. The highest BCUT2D eigenvalue weighted by atomic mass is 19.4. The van der Waals surface area contributed by atoms with Gasteiger partial charge >= 0.3 is 6.36 Å². The molecule has 0 unspecified atom stereocenters. The van der Waals surface area contributed by atoms with E-state index in [4.69, 9.17) is 0 Å². The number of hydrogen-bond donors (Lipinski definition) is 1. The van der Waals surface area contributed by atoms with Gasteiger partial charge in [0.15, 0.2) is 0 Å². The zero-order valence-electron chi connectivity index (χ0n) is 13.6. The molecule has 1 aromatic heterocycles. The van der Waals surface area contributed by atoms with Crippen LogP contribution in [0, 0.1) is 6.92 Å². The fourth-order valence-electron chi connectivity index (χ4n) is 2.43. The van der Waals surface area contributed by atoms with Crippen molar-refractivity contribution in [1.29, 1.82) is 0 Å². The van der Waals surface area contributed by atoms with Gasteiger partial charge in [-0.25, -0.2) is 4.68 Å². The number of benzene rings is 2. The quantitative estimate of drug-likeness (QED) is 0.752. The van der Waals surface area contributed by atoms with Crippen LogP contribution in [0.5, 0.6) is 5.75 Å². The Hall–Kier alpha value is -3.29. The first-order valence-electron chi connectivity index (χ1n) is 7.61. The second-order valence-corrected chi connectivity index (χ2v) is 5.42. The van der Waals surface area contributed by atoms with Crippen molar-refractivity contribution in [3.05, 3.63) is 72.1 Å². The molecule has 3 rings (SSSR count). The minimum atomic E-state index is -4.80. The van der Waals surface area contributed by atoms with Gasteiger partial charge in [-0.05, 0) is 31.2 Å². The Morgan fingerprint density at radius 3 is 2.54 bits per heavy atom. The number of rotatable bonds is 4. The second-order valence-electron chi connectivity index (χ2n) is 5.42. The van der Waals surface area contributed by atoms with Gasteiger partial charge in [0.05, 0.1) is 23.1 Å². The van der Waals surface area contributed by atoms with Crippen molar-refractivity contribution in [2.45, 2.75) is 13.3 Å². The van der Waals surface area contributed by atoms with Gasteiger partial charge in [-0.1, -0.05) is 24.3 Å². The smallest absolute Gasteiger partial charge is 0.406 e. The number of para-hydroxylation sites is 1. The van der Waals surface area contributed by atoms with Crippen molar-refractivity contribution in [2.24, 2.45) is 0 Å². The van der Waals surface area contributed by atoms with Crippen molar-refractivity contribution < 1.29 is 22.7 Å². The third kappa shape index (κ3) is 4.02. The lowest BCUT2D eigenvalue weighted by molar-refractivity contribution is -0.274. The summed E-state index contributed by atoms with van der Waals surface area (Å²) in [5.74, 6) is -0.888. The molecule has 0 saturated heterocycles. The molecule has 0 aliphatic heterocycles. The summed E-state index contributed by atoms with van der Waals surface area (Å²) in [7, 11) is 0. The number of aromatic nitrogens is 2. The van der Waals surface area contributed by atoms with E-state index in [2.05, 4.69) is 15.2 Å². The Labute approximate surface area is 147 Å². The van der Waals surface area contributed by atoms with Gasteiger partial charge in [0.25, 0.3) is 5.91 Å². The predicted octanol–water partition coefficient (Wildman–Crippen LogP) is 4.33. The van der Waals surface area contributed by atoms with Crippen LogP contribution in [0.3, 0.4) is 0 Å². The normalized spacial score (nSPS) is 11.2. The topological polar surface area (TPSA) is 56.1 Å². The minimum Gasteiger partial charge on any atom is -0.406 e. The monoisotopic (exact) mass is 361 g/mol. The summed E-state index contributed by atoms with van der Waals surface area (Å²) >= 11 is 0. The van der Waals surface area contributed by atoms with Gasteiger partial charge in [0, 0.05) is 11.8 Å². The highest BCUT2D eigenvalue weighted by Gasteiger charge is 2.31. The summed E-state index contributed by atoms with van der Waals surface area (Å²) in [6.45, 7) is 1.73. The molecule has 134 valence electrons. The Morgan fingerprint density at radius 1 is 1.12 bits per heavy atom. The molecule has 0 fully saturated rings. The van der Waals surface area contributed by atoms with Crippen molar-refractivity contribution in [2.75, 3.05) is 5.32 Å². The van der Waals surface area contributed by atoms with Gasteiger partial charge in [0.2, 0.25) is 0 Å². The zero-order valence-corrected chi connectivity index (χ0v) is 13.6. The molecule has 0 aliphatic rings. The van der Waals surface area contributed by atoms with Crippen LogP contribution in [0.15, 0.2) is 60.8 Å². The SMILES string of the molecule is Cc1c(C(=O)Nc2cccc(OC(F)(F)F)c2)cnn1-c1ccccc1. The standard InChI is InChI=1S/C18H14F3N3O2/c1-12-16(11-22-24(12)14-7-3-2-4-8-14)17(25)23-13-6-5-9-15(10-13)26-18(19,20)21/h2-11H,1H3,(H,23,25). The van der Waals surface area contributed by atoms with Gasteiger partial charge in [-0.2, -0.15) is 5.10 Å². The molecular formula is C18H14F3N3O2. The summed E-state index contributed by atoms with van der Waals surface area (Å²) in [4.78, 5) is 12.4. The minimum absolute atomic E-state index is 0.184. The number of ether oxygens (including phenoxy) is 1. The molecule has 0 spiro atoms. The molecule has 0 bridgehead atoms. The van der Waals surface area contributed by atoms with Gasteiger partial charge < -0.3 is 10.1 Å². The van der Waals surface area contributed by atoms with Crippen LogP contribution in [0.2, 0.25) is 0 Å². The lowest BCUT2D eigenvalue weighted by Crippen LogP contribution is -2.17. The van der Waals surface area contributed by atoms with Gasteiger partial charge in [-0.3, -0.25) is 4.79 Å². The molecule has 3 aromatic rings. The number of nitrogens with one attached hydrogen (secondary N) is 1. The third-order valence-electron chi connectivity index (χ3n) is 3.58. The maximum absolute atomic E-state index is 12.4. The van der Waals surface area contributed by atoms with Crippen LogP contribution < -0.4 is 10.1 Å². The van der Waals surface area contributed by atoms with Crippen molar-refractivity contribution in [1.82, 2.24) is 9.78 Å². The molecule has 0 radical (unpaired) electrons. The maximum atomic E-state index is 12.4. The molecule has 0 atom stereocenters. The van der Waals surface area contributed by atoms with E-state index < -0.39 is 18.0 Å². The maximum Gasteiger partial charge on any atom is 0.573 e. The van der Waals surface area contributed by atoms with Crippen LogP contribution in [0.1, 0.15) is 16.1 Å². The van der Waals surface area contributed by atoms with Crippen LogP contribution in [0.25, 0.3) is 5.69 Å². The molecular weight excluding hydrogens is 347 g/mol. The van der Waals surface area contributed by atoms with E-state index in [1.54, 1.807) is 11.6 Å². The van der Waals surface area contributed by atoms with E-state index in [0.29, 0.717) is 11.3 Å². The van der Waals surface area contributed by atoms with Crippen LogP contribution in [0.4, 0.5) is 18.9 Å². The largest absolute Gasteiger partial charge is 0.573 e. The summed E-state index contributed by atoms with van der Waals surface area (Å²) in [5, 5.41) is 6.75. The first-order valence-corrected chi connectivity index (χ1v) is 7.61. The number of anilines is 1. The average molecular weight is 361 g/mol. The summed E-state index contributed by atoms with van der Waals surface area (Å²) in [6.07, 6.45) is -3.39. The Morgan fingerprint density at radius 2 is 1.85 bits per heavy atom. The molecule has 8 heteroatoms. The fourth-order valence-corrected chi connectivity index (χ4v) is 2.43. The molecule has 26 heavy (non-hydrogen) atoms. The Kier molecular flexibility index (Phi) is 4.66.